The van der Waals surface area contributed by atoms with Crippen LogP contribution in [-0.2, 0) is 4.79 Å². The Labute approximate surface area is 213 Å². The second-order valence-electron chi connectivity index (χ2n) is 7.84. The number of benzene rings is 3. The lowest BCUT2D eigenvalue weighted by molar-refractivity contribution is -0.385. The SMILES string of the molecule is Cc1ccc(NC(=O)COc2c(C=Nn3c(C)nc4ccc(Br)cc4c3=O)cccc2[N+](=O)[O-])cc1. The van der Waals surface area contributed by atoms with Gasteiger partial charge < -0.3 is 10.1 Å². The maximum atomic E-state index is 13.0. The van der Waals surface area contributed by atoms with Gasteiger partial charge in [0.25, 0.3) is 11.5 Å². The number of carbonyl (C=O) groups excluding carboxylic acids is 1. The van der Waals surface area contributed by atoms with Crippen LogP contribution in [0.25, 0.3) is 10.9 Å². The average molecular weight is 550 g/mol. The largest absolute Gasteiger partial charge is 0.476 e. The Morgan fingerprint density at radius 3 is 2.67 bits per heavy atom. The summed E-state index contributed by atoms with van der Waals surface area (Å²) < 4.78 is 7.38. The molecule has 4 rings (SSSR count). The molecule has 0 atom stereocenters. The fraction of sp³-hybridized carbons (Fsp3) is 0.120. The minimum absolute atomic E-state index is 0.146. The molecule has 0 spiro atoms. The number of aromatic nitrogens is 2. The van der Waals surface area contributed by atoms with Gasteiger partial charge in [0.2, 0.25) is 5.75 Å². The summed E-state index contributed by atoms with van der Waals surface area (Å²) in [7, 11) is 0. The zero-order chi connectivity index (χ0) is 25.8. The Morgan fingerprint density at radius 2 is 1.94 bits per heavy atom. The van der Waals surface area contributed by atoms with Crippen LogP contribution in [-0.4, -0.2) is 33.3 Å². The van der Waals surface area contributed by atoms with Gasteiger partial charge in [0.15, 0.2) is 6.61 Å². The molecule has 0 saturated heterocycles. The monoisotopic (exact) mass is 549 g/mol. The zero-order valence-corrected chi connectivity index (χ0v) is 20.9. The lowest BCUT2D eigenvalue weighted by atomic mass is 10.2. The van der Waals surface area contributed by atoms with E-state index in [9.17, 15) is 19.7 Å². The Kier molecular flexibility index (Phi) is 7.20. The van der Waals surface area contributed by atoms with Gasteiger partial charge in [-0.1, -0.05) is 39.7 Å². The molecule has 182 valence electrons. The first kappa shape index (κ1) is 24.7. The molecule has 0 bridgehead atoms. The highest BCUT2D eigenvalue weighted by atomic mass is 79.9. The summed E-state index contributed by atoms with van der Waals surface area (Å²) in [4.78, 5) is 40.8. The van der Waals surface area contributed by atoms with Crippen LogP contribution in [0.4, 0.5) is 11.4 Å². The molecule has 1 N–H and O–H groups in total. The fourth-order valence-corrected chi connectivity index (χ4v) is 3.79. The van der Waals surface area contributed by atoms with Crippen molar-refractivity contribution in [2.45, 2.75) is 13.8 Å². The Hall–Kier alpha value is -4.38. The Morgan fingerprint density at radius 1 is 1.19 bits per heavy atom. The van der Waals surface area contributed by atoms with Crippen molar-refractivity contribution in [3.05, 3.63) is 103 Å². The number of hydrogen-bond acceptors (Lipinski definition) is 7. The summed E-state index contributed by atoms with van der Waals surface area (Å²) >= 11 is 3.34. The topological polar surface area (TPSA) is 129 Å². The third-order valence-electron chi connectivity index (χ3n) is 5.19. The van der Waals surface area contributed by atoms with Gasteiger partial charge in [-0.3, -0.25) is 19.7 Å². The van der Waals surface area contributed by atoms with Crippen LogP contribution in [0.2, 0.25) is 0 Å². The van der Waals surface area contributed by atoms with E-state index in [-0.39, 0.29) is 17.0 Å². The van der Waals surface area contributed by atoms with E-state index in [2.05, 4.69) is 31.3 Å². The molecule has 0 aliphatic carbocycles. The summed E-state index contributed by atoms with van der Waals surface area (Å²) in [5.41, 5.74) is 1.60. The van der Waals surface area contributed by atoms with Gasteiger partial charge in [0.05, 0.1) is 22.0 Å². The molecular formula is C25H20BrN5O5. The first-order valence-corrected chi connectivity index (χ1v) is 11.5. The van der Waals surface area contributed by atoms with Crippen molar-refractivity contribution in [3.8, 4) is 5.75 Å². The Balaban J connectivity index is 1.63. The number of nitrogens with zero attached hydrogens (tertiary/aromatic N) is 4. The van der Waals surface area contributed by atoms with Gasteiger partial charge >= 0.3 is 5.69 Å². The number of aryl methyl sites for hydroxylation is 2. The van der Waals surface area contributed by atoms with Gasteiger partial charge in [-0.15, -0.1) is 0 Å². The third kappa shape index (κ3) is 5.47. The maximum absolute atomic E-state index is 13.0. The minimum Gasteiger partial charge on any atom is -0.476 e. The highest BCUT2D eigenvalue weighted by Gasteiger charge is 2.20. The molecule has 0 saturated carbocycles. The molecule has 11 heteroatoms. The summed E-state index contributed by atoms with van der Waals surface area (Å²) in [6.45, 7) is 3.08. The van der Waals surface area contributed by atoms with Crippen LogP contribution in [0.5, 0.6) is 5.75 Å². The highest BCUT2D eigenvalue weighted by molar-refractivity contribution is 9.10. The van der Waals surface area contributed by atoms with E-state index in [0.717, 1.165) is 10.2 Å². The van der Waals surface area contributed by atoms with Crippen LogP contribution in [0.3, 0.4) is 0 Å². The number of ether oxygens (including phenoxy) is 1. The molecule has 0 aliphatic heterocycles. The Bertz CT molecular complexity index is 1560. The number of nitro groups is 1. The van der Waals surface area contributed by atoms with Crippen molar-refractivity contribution in [2.24, 2.45) is 5.10 Å². The van der Waals surface area contributed by atoms with Crippen molar-refractivity contribution in [3.63, 3.8) is 0 Å². The van der Waals surface area contributed by atoms with Crippen molar-refractivity contribution >= 4 is 50.3 Å². The minimum atomic E-state index is -0.614. The molecular weight excluding hydrogens is 530 g/mol. The molecule has 0 unspecified atom stereocenters. The van der Waals surface area contributed by atoms with Crippen LogP contribution < -0.4 is 15.6 Å². The number of carbonyl (C=O) groups is 1. The quantitative estimate of drug-likeness (QED) is 0.204. The van der Waals surface area contributed by atoms with E-state index in [1.54, 1.807) is 37.3 Å². The summed E-state index contributed by atoms with van der Waals surface area (Å²) in [5, 5.41) is 18.9. The van der Waals surface area contributed by atoms with Crippen LogP contribution in [0.15, 0.2) is 75.0 Å². The van der Waals surface area contributed by atoms with Gasteiger partial charge in [-0.2, -0.15) is 9.78 Å². The molecule has 4 aromatic rings. The number of hydrogen-bond donors (Lipinski definition) is 1. The number of nitrogens with one attached hydrogen (secondary N) is 1. The van der Waals surface area contributed by atoms with Gasteiger partial charge in [-0.25, -0.2) is 4.98 Å². The molecule has 0 fully saturated rings. The molecule has 0 radical (unpaired) electrons. The van der Waals surface area contributed by atoms with Gasteiger partial charge in [0.1, 0.15) is 5.82 Å². The second-order valence-corrected chi connectivity index (χ2v) is 8.75. The molecule has 36 heavy (non-hydrogen) atoms. The van der Waals surface area contributed by atoms with E-state index >= 15 is 0 Å². The predicted octanol–water partition coefficient (Wildman–Crippen LogP) is 4.58. The smallest absolute Gasteiger partial charge is 0.311 e. The van der Waals surface area contributed by atoms with E-state index in [4.69, 9.17) is 4.74 Å². The normalized spacial score (nSPS) is 11.1. The first-order chi connectivity index (χ1) is 17.2. The molecule has 1 amide bonds. The lowest BCUT2D eigenvalue weighted by Crippen LogP contribution is -2.21. The van der Waals surface area contributed by atoms with E-state index < -0.39 is 23.0 Å². The van der Waals surface area contributed by atoms with E-state index in [1.165, 1.54) is 24.4 Å². The van der Waals surface area contributed by atoms with E-state index in [1.807, 2.05) is 19.1 Å². The number of para-hydroxylation sites is 1. The maximum Gasteiger partial charge on any atom is 0.311 e. The van der Waals surface area contributed by atoms with Crippen LogP contribution >= 0.6 is 15.9 Å². The first-order valence-electron chi connectivity index (χ1n) is 10.7. The number of halogens is 1. The number of amides is 1. The number of fused-ring (bicyclic) bond motifs is 1. The second kappa shape index (κ2) is 10.5. The van der Waals surface area contributed by atoms with Crippen molar-refractivity contribution in [2.75, 3.05) is 11.9 Å². The summed E-state index contributed by atoms with van der Waals surface area (Å²) in [5.74, 6) is -0.305. The lowest BCUT2D eigenvalue weighted by Gasteiger charge is -2.11. The van der Waals surface area contributed by atoms with Crippen molar-refractivity contribution in [1.82, 2.24) is 9.66 Å². The summed E-state index contributed by atoms with van der Waals surface area (Å²) in [6.07, 6.45) is 1.26. The zero-order valence-electron chi connectivity index (χ0n) is 19.3. The number of rotatable bonds is 7. The molecule has 1 aromatic heterocycles. The standard InChI is InChI=1S/C25H20BrN5O5/c1-15-6-9-19(10-7-15)29-23(32)14-36-24-17(4-3-5-22(24)31(34)35)13-27-30-16(2)28-21-11-8-18(26)12-20(21)25(30)33/h3-13H,14H2,1-2H3,(H,29,32). The third-order valence-corrected chi connectivity index (χ3v) is 5.68. The number of anilines is 1. The van der Waals surface area contributed by atoms with E-state index in [0.29, 0.717) is 26.9 Å². The number of nitro benzene ring substituents is 1. The fourth-order valence-electron chi connectivity index (χ4n) is 3.43. The molecule has 1 heterocycles. The predicted molar refractivity (Wildman–Crippen MR) is 140 cm³/mol. The summed E-state index contributed by atoms with van der Waals surface area (Å²) in [6, 6.07) is 16.6. The van der Waals surface area contributed by atoms with Gasteiger partial charge in [-0.05, 0) is 50.2 Å². The van der Waals surface area contributed by atoms with Crippen molar-refractivity contribution in [1.29, 1.82) is 0 Å². The molecule has 10 nitrogen and oxygen atoms in total. The van der Waals surface area contributed by atoms with Crippen LogP contribution in [0.1, 0.15) is 17.0 Å². The van der Waals surface area contributed by atoms with Crippen LogP contribution in [0, 0.1) is 24.0 Å². The average Bonchev–Trinajstić information content (AvgIpc) is 2.84. The van der Waals surface area contributed by atoms with Gasteiger partial charge in [0, 0.05) is 21.8 Å². The highest BCUT2D eigenvalue weighted by Crippen LogP contribution is 2.30. The molecule has 3 aromatic carbocycles. The van der Waals surface area contributed by atoms with Crippen molar-refractivity contribution < 1.29 is 14.5 Å². The molecule has 0 aliphatic rings.